The third-order valence-corrected chi connectivity index (χ3v) is 13.8. The van der Waals surface area contributed by atoms with Gasteiger partial charge in [-0.3, -0.25) is 106 Å². The van der Waals surface area contributed by atoms with E-state index in [4.69, 9.17) is 22.9 Å². The highest BCUT2D eigenvalue weighted by molar-refractivity contribution is 5.96. The van der Waals surface area contributed by atoms with Gasteiger partial charge in [0, 0.05) is 32.4 Å². The van der Waals surface area contributed by atoms with Crippen LogP contribution in [0.1, 0.15) is 107 Å². The Hall–Kier alpha value is -9.15. The minimum absolute atomic E-state index is 0.00761. The Kier molecular flexibility index (Phi) is 45.7. The third-order valence-electron chi connectivity index (χ3n) is 13.8. The van der Waals surface area contributed by atoms with E-state index in [2.05, 4.69) is 101 Å². The molecule has 0 aromatic heterocycles. The zero-order valence-corrected chi connectivity index (χ0v) is 57.7. The zero-order chi connectivity index (χ0) is 77.1. The van der Waals surface area contributed by atoms with Crippen LogP contribution < -0.4 is 119 Å². The molecule has 570 valence electrons. The fourth-order valence-corrected chi connectivity index (χ4v) is 8.73. The molecule has 0 aromatic rings. The lowest BCUT2D eigenvalue weighted by atomic mass is 10.0. The molecular weight excluding hydrogens is 1340 g/mol. The van der Waals surface area contributed by atoms with Crippen LogP contribution in [0.5, 0.6) is 0 Å². The van der Waals surface area contributed by atoms with E-state index in [1.165, 1.54) is 27.7 Å². The molecule has 0 aliphatic carbocycles. The predicted molar refractivity (Wildman–Crippen MR) is 357 cm³/mol. The van der Waals surface area contributed by atoms with E-state index in [9.17, 15) is 96.5 Å². The number of primary amides is 2. The highest BCUT2D eigenvalue weighted by Gasteiger charge is 2.39. The first-order valence-corrected chi connectivity index (χ1v) is 32.1. The van der Waals surface area contributed by atoms with Crippen molar-refractivity contribution in [1.82, 2.24) is 95.7 Å². The van der Waals surface area contributed by atoms with Gasteiger partial charge in [0.25, 0.3) is 35.4 Å². The molecule has 0 saturated heterocycles. The Morgan fingerprint density at radius 3 is 1.27 bits per heavy atom. The van der Waals surface area contributed by atoms with Crippen LogP contribution in [0.3, 0.4) is 0 Å². The van der Waals surface area contributed by atoms with Gasteiger partial charge in [0.2, 0.25) is 23.6 Å². The van der Waals surface area contributed by atoms with E-state index in [1.807, 2.05) is 0 Å². The van der Waals surface area contributed by atoms with Gasteiger partial charge in [0.1, 0.15) is 93.5 Å². The molecule has 0 aliphatic heterocycles. The van der Waals surface area contributed by atoms with Crippen molar-refractivity contribution in [2.45, 2.75) is 217 Å². The summed E-state index contributed by atoms with van der Waals surface area (Å²) in [5.74, 6) is -12.4. The number of hydrogen-bond donors (Lipinski definition) is 24. The van der Waals surface area contributed by atoms with Crippen molar-refractivity contribution in [3.05, 3.63) is 0 Å². The number of nitrogens with one attached hydrogen (secondary N) is 18. The van der Waals surface area contributed by atoms with Crippen LogP contribution in [0.25, 0.3) is 0 Å². The summed E-state index contributed by atoms with van der Waals surface area (Å²) in [7, 11) is 0. The zero-order valence-electron chi connectivity index (χ0n) is 57.7. The van der Waals surface area contributed by atoms with Crippen molar-refractivity contribution in [2.24, 2.45) is 39.8 Å². The molecule has 17 atom stereocenters. The highest BCUT2D eigenvalue weighted by Crippen LogP contribution is 2.08. The number of guanidine groups is 1. The van der Waals surface area contributed by atoms with Crippen molar-refractivity contribution >= 4 is 115 Å². The number of amides is 10. The highest BCUT2D eigenvalue weighted by atomic mass is 16.3. The first-order chi connectivity index (χ1) is 47.5. The number of aliphatic hydroxyl groups excluding tert-OH is 2. The van der Waals surface area contributed by atoms with Crippen LogP contribution in [-0.2, 0) is 86.3 Å². The summed E-state index contributed by atoms with van der Waals surface area (Å²) in [6, 6.07) is -9.71. The smallest absolute Gasteiger partial charge is 0.259 e. The van der Waals surface area contributed by atoms with Gasteiger partial charge in [0.05, 0.1) is 49.3 Å². The molecule has 0 bridgehead atoms. The van der Waals surface area contributed by atoms with E-state index in [0.29, 0.717) is 31.4 Å². The maximum Gasteiger partial charge on any atom is 0.259 e. The van der Waals surface area contributed by atoms with Gasteiger partial charge < -0.3 is 114 Å². The Labute approximate surface area is 582 Å². The molecule has 0 aliphatic rings. The lowest BCUT2D eigenvalue weighted by molar-refractivity contribution is -0.136. The number of aldehydes is 8. The van der Waals surface area contributed by atoms with Crippen molar-refractivity contribution in [1.29, 1.82) is 0 Å². The molecule has 0 heterocycles. The number of nitrogens with zero attached hydrogens (tertiary/aromatic N) is 1. The summed E-state index contributed by atoms with van der Waals surface area (Å²) >= 11 is 0. The number of rotatable bonds is 58. The SMILES string of the molecule is CC(=O)N[C@@H](NCC=O)C(O)N[C@H](N[C@@H](C=O)CCC(N)=O)C(=O)N[C@@H](N[C@@H](C=O)C(C)C)C(=O)N[C@H](NCC=O)C(=O)N[C@H](N[C@@H](C=O)CCCN=C(N)N)C(O)N[C@H](N[C@@H](C=O)CCC(N)=O)C(=O)N[C@H](N[C@@H](C=O)CC(C)C)C(=O)N[C@H](N[C@@H](C)C=O)C(=O)N[C@@H](C)C(=O)NC(C)C. The first kappa shape index (κ1) is 91.8. The van der Waals surface area contributed by atoms with E-state index in [-0.39, 0.29) is 69.0 Å². The van der Waals surface area contributed by atoms with Crippen molar-refractivity contribution in [3.63, 3.8) is 0 Å². The van der Waals surface area contributed by atoms with Crippen LogP contribution in [0.4, 0.5) is 0 Å². The largest absolute Gasteiger partial charge is 0.375 e. The van der Waals surface area contributed by atoms with E-state index >= 15 is 0 Å². The molecule has 43 nitrogen and oxygen atoms in total. The van der Waals surface area contributed by atoms with Crippen LogP contribution in [0.15, 0.2) is 4.99 Å². The Balaban J connectivity index is 8.26. The summed E-state index contributed by atoms with van der Waals surface area (Å²) in [4.78, 5) is 237. The van der Waals surface area contributed by atoms with Gasteiger partial charge in [-0.05, 0) is 71.6 Å². The second kappa shape index (κ2) is 50.2. The average Bonchev–Trinajstić information content (AvgIpc) is 0.853. The van der Waals surface area contributed by atoms with Crippen molar-refractivity contribution in [2.75, 3.05) is 19.6 Å². The van der Waals surface area contributed by atoms with Gasteiger partial charge in [-0.25, -0.2) is 0 Å². The first-order valence-electron chi connectivity index (χ1n) is 32.1. The number of nitrogens with two attached hydrogens (primary N) is 4. The van der Waals surface area contributed by atoms with Crippen LogP contribution in [0.2, 0.25) is 0 Å². The predicted octanol–water partition coefficient (Wildman–Crippen LogP) is -13.0. The second-order valence-corrected chi connectivity index (χ2v) is 24.0. The fourth-order valence-electron chi connectivity index (χ4n) is 8.73. The van der Waals surface area contributed by atoms with Crippen LogP contribution >= 0.6 is 0 Å². The van der Waals surface area contributed by atoms with Crippen LogP contribution in [0, 0.1) is 11.8 Å². The summed E-state index contributed by atoms with van der Waals surface area (Å²) in [6.07, 6.45) is -20.0. The van der Waals surface area contributed by atoms with Crippen molar-refractivity contribution in [3.8, 4) is 0 Å². The minimum Gasteiger partial charge on any atom is -0.375 e. The molecule has 0 spiro atoms. The van der Waals surface area contributed by atoms with Crippen LogP contribution in [-0.4, -0.2) is 255 Å². The van der Waals surface area contributed by atoms with E-state index in [0.717, 1.165) is 6.92 Å². The number of aliphatic imine (C=N–C) groups is 1. The summed E-state index contributed by atoms with van der Waals surface area (Å²) in [5, 5.41) is 67.4. The number of hydrogen-bond acceptors (Lipinski definition) is 31. The fraction of sp³-hybridized carbons (Fsp3) is 0.672. The maximum atomic E-state index is 14.9. The summed E-state index contributed by atoms with van der Waals surface area (Å²) < 4.78 is 0. The average molecular weight is 1440 g/mol. The molecular formula is C58H103N23O20. The van der Waals surface area contributed by atoms with E-state index < -0.39 is 201 Å². The number of carbonyl (C=O) groups excluding carboxylic acids is 18. The van der Waals surface area contributed by atoms with Gasteiger partial charge in [-0.15, -0.1) is 0 Å². The van der Waals surface area contributed by atoms with Gasteiger partial charge in [-0.1, -0.05) is 27.7 Å². The summed E-state index contributed by atoms with van der Waals surface area (Å²) in [6.45, 7) is 12.1. The molecule has 0 rings (SSSR count). The Morgan fingerprint density at radius 1 is 0.416 bits per heavy atom. The van der Waals surface area contributed by atoms with E-state index in [1.54, 1.807) is 27.7 Å². The standard InChI is InChI=1S/C58H103N23O20/c1-28(2)21-37(26-88)73-47(56(100)76-43(67-31(7)22-84)52(96)68-32(8)49(93)66-30(5)6)80-54(98)46(72-36(25-87)13-15-40(60)92)79-53(97)44(70-34(23-85)11-10-16-65-58(61)62)78-51(95)42(64-18-20-83)75-57(101)48(74-38(27-89)29(3)4)81-55(99)45(71-35(24-86)12-14-39(59)91)77-50(94)41(63-17-19-82)69-33(9)90/h19-20,22-32,34-38,41-48,50,53,63-64,67,70-74,77,79,94,97H,10-18,21H2,1-9H3,(H2,59,91)(H2,60,92)(H,66,93)(H,68,96)(H,69,90)(H,75,101)(H,76,100)(H,78,95)(H,80,98)(H,81,99)(H4,61,62,65)/t31-,32-,34+,35+,36+,37+,38-,41+,42-,43-,44-,45-,46-,47-,48+,50?,53?/m0/s1. The third kappa shape index (κ3) is 38.9. The van der Waals surface area contributed by atoms with Gasteiger partial charge >= 0.3 is 0 Å². The van der Waals surface area contributed by atoms with Gasteiger partial charge in [0.15, 0.2) is 30.6 Å². The Bertz CT molecular complexity index is 2770. The summed E-state index contributed by atoms with van der Waals surface area (Å²) in [5.41, 5.74) is 21.6. The minimum atomic E-state index is -2.44. The lowest BCUT2D eigenvalue weighted by Gasteiger charge is -2.34. The molecule has 2 unspecified atom stereocenters. The monoisotopic (exact) mass is 1440 g/mol. The maximum absolute atomic E-state index is 14.9. The number of aliphatic hydroxyl groups is 2. The molecule has 0 radical (unpaired) electrons. The quantitative estimate of drug-likeness (QED) is 0.00884. The molecule has 0 aromatic carbocycles. The number of carbonyl (C=O) groups is 18. The molecule has 43 heteroatoms. The molecule has 0 fully saturated rings. The van der Waals surface area contributed by atoms with Crippen molar-refractivity contribution < 1.29 is 96.5 Å². The normalized spacial score (nSPS) is 16.3. The second-order valence-electron chi connectivity index (χ2n) is 24.0. The lowest BCUT2D eigenvalue weighted by Crippen LogP contribution is -2.71. The molecule has 28 N–H and O–H groups in total. The molecule has 0 saturated carbocycles. The Morgan fingerprint density at radius 2 is 0.842 bits per heavy atom. The van der Waals surface area contributed by atoms with Gasteiger partial charge in [-0.2, -0.15) is 0 Å². The molecule has 101 heavy (non-hydrogen) atoms. The topological polar surface area (TPSA) is 681 Å². The molecule has 10 amide bonds.